The smallest absolute Gasteiger partial charge is 0.255 e. The highest BCUT2D eigenvalue weighted by molar-refractivity contribution is 6.35. The van der Waals surface area contributed by atoms with Crippen LogP contribution in [0.5, 0.6) is 11.5 Å². The van der Waals surface area contributed by atoms with Crippen molar-refractivity contribution in [2.24, 2.45) is 0 Å². The highest BCUT2D eigenvalue weighted by Gasteiger charge is 2.39. The van der Waals surface area contributed by atoms with Gasteiger partial charge >= 0.3 is 0 Å². The zero-order valence-corrected chi connectivity index (χ0v) is 36.4. The van der Waals surface area contributed by atoms with Crippen LogP contribution in [0.2, 0.25) is 5.02 Å². The van der Waals surface area contributed by atoms with Crippen LogP contribution in [-0.2, 0) is 20.9 Å². The number of halogens is 1. The molecular formula is C48H52ClN9O6. The lowest BCUT2D eigenvalue weighted by Gasteiger charge is -2.36. The molecule has 6 heterocycles. The first-order valence-electron chi connectivity index (χ1n) is 22.4. The summed E-state index contributed by atoms with van der Waals surface area (Å²) in [5, 5.41) is 6.79. The van der Waals surface area contributed by atoms with Gasteiger partial charge in [0.1, 0.15) is 35.3 Å². The second kappa shape index (κ2) is 19.2. The third-order valence-corrected chi connectivity index (χ3v) is 13.2. The van der Waals surface area contributed by atoms with Gasteiger partial charge in [-0.1, -0.05) is 42.6 Å². The summed E-state index contributed by atoms with van der Waals surface area (Å²) in [6.07, 6.45) is 9.88. The number of imide groups is 1. The van der Waals surface area contributed by atoms with Gasteiger partial charge in [-0.15, -0.1) is 0 Å². The van der Waals surface area contributed by atoms with Gasteiger partial charge in [-0.2, -0.15) is 0 Å². The molecule has 0 spiro atoms. The van der Waals surface area contributed by atoms with Crippen molar-refractivity contribution in [1.82, 2.24) is 35.0 Å². The van der Waals surface area contributed by atoms with E-state index in [-0.39, 0.29) is 41.0 Å². The zero-order valence-electron chi connectivity index (χ0n) is 35.7. The Bertz CT molecular complexity index is 2550. The number of piperidine rings is 2. The summed E-state index contributed by atoms with van der Waals surface area (Å²) < 4.78 is 5.89. The quantitative estimate of drug-likeness (QED) is 0.0590. The highest BCUT2D eigenvalue weighted by Crippen LogP contribution is 2.33. The van der Waals surface area contributed by atoms with Crippen molar-refractivity contribution >= 4 is 63.6 Å². The molecule has 0 aliphatic carbocycles. The van der Waals surface area contributed by atoms with E-state index >= 15 is 0 Å². The van der Waals surface area contributed by atoms with Gasteiger partial charge < -0.3 is 29.7 Å². The number of aromatic amines is 1. The van der Waals surface area contributed by atoms with Gasteiger partial charge in [0.15, 0.2) is 5.78 Å². The Labute approximate surface area is 376 Å². The van der Waals surface area contributed by atoms with Gasteiger partial charge in [0.05, 0.1) is 16.0 Å². The maximum absolute atomic E-state index is 13.8. The Morgan fingerprint density at radius 2 is 1.62 bits per heavy atom. The Kier molecular flexibility index (Phi) is 12.9. The maximum Gasteiger partial charge on any atom is 0.255 e. The molecule has 1 atom stereocenters. The summed E-state index contributed by atoms with van der Waals surface area (Å²) in [7, 11) is 0. The first-order chi connectivity index (χ1) is 31.2. The van der Waals surface area contributed by atoms with Gasteiger partial charge in [-0.05, 0) is 86.7 Å². The van der Waals surface area contributed by atoms with Crippen LogP contribution in [0.1, 0.15) is 89.6 Å². The number of carbonyl (C=O) groups excluding carboxylic acids is 5. The van der Waals surface area contributed by atoms with E-state index in [9.17, 15) is 24.0 Å². The monoisotopic (exact) mass is 885 g/mol. The molecule has 64 heavy (non-hydrogen) atoms. The molecule has 2 aromatic heterocycles. The molecule has 15 nitrogen and oxygen atoms in total. The number of H-pyrrole nitrogens is 1. The fourth-order valence-corrected chi connectivity index (χ4v) is 9.60. The van der Waals surface area contributed by atoms with Crippen molar-refractivity contribution in [3.8, 4) is 11.5 Å². The molecule has 0 bridgehead atoms. The third-order valence-electron chi connectivity index (χ3n) is 12.9. The van der Waals surface area contributed by atoms with E-state index < -0.39 is 11.9 Å². The maximum atomic E-state index is 13.8. The van der Waals surface area contributed by atoms with Crippen LogP contribution in [-0.4, -0.2) is 117 Å². The van der Waals surface area contributed by atoms with Crippen LogP contribution in [0.3, 0.4) is 0 Å². The molecule has 4 aliphatic heterocycles. The van der Waals surface area contributed by atoms with E-state index in [1.165, 1.54) is 6.33 Å². The average Bonchev–Trinajstić information content (AvgIpc) is 3.89. The number of hydrogen-bond donors (Lipinski definition) is 3. The predicted molar refractivity (Wildman–Crippen MR) is 243 cm³/mol. The van der Waals surface area contributed by atoms with E-state index in [2.05, 4.69) is 41.5 Å². The third kappa shape index (κ3) is 9.46. The van der Waals surface area contributed by atoms with Gasteiger partial charge in [-0.3, -0.25) is 34.2 Å². The molecule has 5 aromatic rings. The van der Waals surface area contributed by atoms with Gasteiger partial charge in [0.25, 0.3) is 5.91 Å². The minimum atomic E-state index is -0.609. The first-order valence-corrected chi connectivity index (χ1v) is 22.7. The standard InChI is InChI=1S/C48H52ClN9O6/c49-39-27-35(64-34-8-4-3-5-9-34)12-14-37(39)44(61)38-28-50-45-43(38)46(52-30-51-45)53-32-17-20-57(21-18-32)42(60)10-6-1-2-7-19-55-22-24-56(25-23-55)33-11-13-36-31(26-33)29-58(48(36)63)40-15-16-41(59)54-47(40)62/h3-5,8-9,11-14,26-28,30,32,40H,1-2,6-7,10,15-25,29H2,(H,54,59,62)(H2,50,51,52,53)/t40-/m0/s1. The second-order valence-corrected chi connectivity index (χ2v) is 17.5. The number of carbonyl (C=O) groups is 5. The molecule has 3 aromatic carbocycles. The van der Waals surface area contributed by atoms with E-state index in [0.717, 1.165) is 82.5 Å². The molecule has 9 rings (SSSR count). The van der Waals surface area contributed by atoms with Crippen molar-refractivity contribution in [2.45, 2.75) is 76.4 Å². The van der Waals surface area contributed by atoms with Crippen molar-refractivity contribution in [2.75, 3.05) is 56.0 Å². The largest absolute Gasteiger partial charge is 0.457 e. The van der Waals surface area contributed by atoms with Crippen LogP contribution >= 0.6 is 11.6 Å². The molecular weight excluding hydrogens is 834 g/mol. The number of aromatic nitrogens is 3. The minimum Gasteiger partial charge on any atom is -0.457 e. The van der Waals surface area contributed by atoms with Crippen molar-refractivity contribution in [3.05, 3.63) is 107 Å². The van der Waals surface area contributed by atoms with E-state index in [4.69, 9.17) is 16.3 Å². The molecule has 4 aliphatic rings. The number of piperazine rings is 1. The molecule has 4 amide bonds. The molecule has 3 saturated heterocycles. The van der Waals surface area contributed by atoms with Gasteiger partial charge in [-0.25, -0.2) is 9.97 Å². The van der Waals surface area contributed by atoms with Crippen LogP contribution in [0.25, 0.3) is 11.0 Å². The second-order valence-electron chi connectivity index (χ2n) is 17.1. The molecule has 3 N–H and O–H groups in total. The SMILES string of the molecule is O=C1CC[C@H](N2Cc3cc(N4CCN(CCCCCCC(=O)N5CCC(Nc6ncnc7[nH]cc(C(=O)c8ccc(Oc9ccccc9)cc8Cl)c67)CC5)CC4)ccc3C2=O)C(=O)N1. The first kappa shape index (κ1) is 43.0. The highest BCUT2D eigenvalue weighted by atomic mass is 35.5. The van der Waals surface area contributed by atoms with E-state index in [0.29, 0.717) is 77.5 Å². The number of nitrogens with zero attached hydrogens (tertiary/aromatic N) is 6. The number of fused-ring (bicyclic) bond motifs is 2. The number of ether oxygens (including phenoxy) is 1. The molecule has 332 valence electrons. The van der Waals surface area contributed by atoms with Gasteiger partial charge in [0, 0.05) is 93.8 Å². The zero-order chi connectivity index (χ0) is 44.2. The molecule has 0 unspecified atom stereocenters. The van der Waals surface area contributed by atoms with Crippen molar-refractivity contribution < 1.29 is 28.7 Å². The number of anilines is 2. The van der Waals surface area contributed by atoms with Crippen LogP contribution in [0.4, 0.5) is 11.5 Å². The minimum absolute atomic E-state index is 0.0803. The van der Waals surface area contributed by atoms with Crippen molar-refractivity contribution in [1.29, 1.82) is 0 Å². The normalized spacial score (nSPS) is 18.4. The molecule has 3 fully saturated rings. The lowest BCUT2D eigenvalue weighted by molar-refractivity contribution is -0.137. The Hall–Kier alpha value is -6.32. The summed E-state index contributed by atoms with van der Waals surface area (Å²) >= 11 is 6.62. The van der Waals surface area contributed by atoms with Crippen LogP contribution < -0.4 is 20.3 Å². The number of nitrogens with one attached hydrogen (secondary N) is 3. The van der Waals surface area contributed by atoms with Crippen molar-refractivity contribution in [3.63, 3.8) is 0 Å². The van der Waals surface area contributed by atoms with Crippen LogP contribution in [0, 0.1) is 0 Å². The number of likely N-dealkylation sites (tertiary alicyclic amines) is 1. The Morgan fingerprint density at radius 3 is 2.41 bits per heavy atom. The van der Waals surface area contributed by atoms with E-state index in [1.807, 2.05) is 47.4 Å². The van der Waals surface area contributed by atoms with Crippen LogP contribution in [0.15, 0.2) is 79.3 Å². The number of unbranched alkanes of at least 4 members (excludes halogenated alkanes) is 3. The summed E-state index contributed by atoms with van der Waals surface area (Å²) in [6.45, 7) is 6.46. The topological polar surface area (TPSA) is 173 Å². The summed E-state index contributed by atoms with van der Waals surface area (Å²) in [4.78, 5) is 84.6. The molecule has 0 saturated carbocycles. The number of para-hydroxylation sites is 1. The summed E-state index contributed by atoms with van der Waals surface area (Å²) in [5.74, 6) is 0.893. The number of amides is 4. The fraction of sp³-hybridized carbons (Fsp3) is 0.396. The number of rotatable bonds is 15. The fourth-order valence-electron chi connectivity index (χ4n) is 9.34. The number of hydrogen-bond acceptors (Lipinski definition) is 11. The van der Waals surface area contributed by atoms with Gasteiger partial charge in [0.2, 0.25) is 17.7 Å². The lowest BCUT2D eigenvalue weighted by atomic mass is 10.0. The lowest BCUT2D eigenvalue weighted by Crippen LogP contribution is -2.52. The Balaban J connectivity index is 0.676. The summed E-state index contributed by atoms with van der Waals surface area (Å²) in [6, 6.07) is 19.8. The summed E-state index contributed by atoms with van der Waals surface area (Å²) in [5.41, 5.74) is 3.96. The average molecular weight is 886 g/mol. The number of benzene rings is 3. The predicted octanol–water partition coefficient (Wildman–Crippen LogP) is 6.57. The molecule has 16 heteroatoms. The number of ketones is 1. The van der Waals surface area contributed by atoms with E-state index in [1.54, 1.807) is 29.3 Å². The molecule has 0 radical (unpaired) electrons. The Morgan fingerprint density at radius 1 is 0.828 bits per heavy atom.